The molecule has 3 aromatic rings. The number of amides is 3. The average molecular weight is 689 g/mol. The number of hydrogen-bond acceptors (Lipinski definition) is 7. The highest BCUT2D eigenvalue weighted by molar-refractivity contribution is 7.90. The van der Waals surface area contributed by atoms with Gasteiger partial charge in [-0.2, -0.15) is 0 Å². The summed E-state index contributed by atoms with van der Waals surface area (Å²) in [4.78, 5) is 44.6. The quantitative estimate of drug-likeness (QED) is 0.239. The Morgan fingerprint density at radius 2 is 1.74 bits per heavy atom. The van der Waals surface area contributed by atoms with Gasteiger partial charge in [0.2, 0.25) is 11.8 Å². The summed E-state index contributed by atoms with van der Waals surface area (Å²) in [6.45, 7) is 6.79. The third-order valence-electron chi connectivity index (χ3n) is 8.40. The van der Waals surface area contributed by atoms with Crippen molar-refractivity contribution in [3.05, 3.63) is 80.1 Å². The molecule has 14 heteroatoms. The molecule has 0 unspecified atom stereocenters. The summed E-state index contributed by atoms with van der Waals surface area (Å²) >= 11 is 12.4. The number of carbonyl (C=O) groups excluding carboxylic acids is 3. The van der Waals surface area contributed by atoms with Gasteiger partial charge in [0.05, 0.1) is 22.6 Å². The van der Waals surface area contributed by atoms with Crippen LogP contribution in [0, 0.1) is 13.8 Å². The van der Waals surface area contributed by atoms with Gasteiger partial charge in [-0.15, -0.1) is 0 Å². The van der Waals surface area contributed by atoms with E-state index in [0.717, 1.165) is 16.8 Å². The number of aromatic nitrogens is 1. The van der Waals surface area contributed by atoms with Gasteiger partial charge in [0, 0.05) is 77.5 Å². The van der Waals surface area contributed by atoms with E-state index in [1.165, 1.54) is 12.1 Å². The second-order valence-corrected chi connectivity index (χ2v) is 14.2. The van der Waals surface area contributed by atoms with Gasteiger partial charge in [0.1, 0.15) is 6.61 Å². The molecule has 1 aromatic heterocycles. The molecular weight excluding hydrogens is 653 g/mol. The number of anilines is 1. The molecule has 46 heavy (non-hydrogen) atoms. The molecule has 0 aliphatic carbocycles. The molecule has 3 heterocycles. The average Bonchev–Trinajstić information content (AvgIpc) is 3.48. The van der Waals surface area contributed by atoms with Gasteiger partial charge in [0.25, 0.3) is 5.91 Å². The van der Waals surface area contributed by atoms with Crippen molar-refractivity contribution in [2.45, 2.75) is 30.9 Å². The van der Waals surface area contributed by atoms with Crippen molar-refractivity contribution in [1.29, 1.82) is 0 Å². The Labute approximate surface area is 277 Å². The van der Waals surface area contributed by atoms with Crippen molar-refractivity contribution >= 4 is 68.1 Å². The number of piperazine rings is 1. The van der Waals surface area contributed by atoms with Crippen LogP contribution in [0.1, 0.15) is 33.6 Å². The predicted molar refractivity (Wildman–Crippen MR) is 177 cm³/mol. The summed E-state index contributed by atoms with van der Waals surface area (Å²) in [5, 5.41) is 15.3. The minimum Gasteiger partial charge on any atom is -0.387 e. The van der Waals surface area contributed by atoms with Crippen LogP contribution < -0.4 is 10.6 Å². The molecule has 3 amide bonds. The number of aromatic amines is 1. The summed E-state index contributed by atoms with van der Waals surface area (Å²) in [5.74, 6) is -1.18. The molecule has 0 saturated carbocycles. The minimum atomic E-state index is -3.86. The first-order valence-electron chi connectivity index (χ1n) is 14.8. The zero-order valence-corrected chi connectivity index (χ0v) is 27.8. The van der Waals surface area contributed by atoms with E-state index in [1.807, 2.05) is 13.8 Å². The normalized spacial score (nSPS) is 16.1. The molecule has 0 spiro atoms. The molecule has 244 valence electrons. The standard InChI is InChI=1S/C32H35Cl2N5O6S/c1-19-22(16-30(41)35-8-9-38-10-12-39(13-11-38)31(42)17-40)20(2)36-29(19)15-24-23-14-21(6-7-28(23)37-32(24)43)46(44,45)18-25-26(33)4-3-5-27(25)34/h3-7,14-15,36,40H,8-13,16-18H2,1-2H3,(H,35,41)(H,37,43). The third kappa shape index (κ3) is 7.31. The molecule has 0 radical (unpaired) electrons. The molecule has 1 saturated heterocycles. The first kappa shape index (κ1) is 33.7. The molecule has 2 aliphatic heterocycles. The highest BCUT2D eigenvalue weighted by Gasteiger charge is 2.28. The molecule has 2 aromatic carbocycles. The van der Waals surface area contributed by atoms with Gasteiger partial charge in [0.15, 0.2) is 9.84 Å². The number of nitrogens with zero attached hydrogens (tertiary/aromatic N) is 2. The zero-order chi connectivity index (χ0) is 33.2. The van der Waals surface area contributed by atoms with Crippen molar-refractivity contribution < 1.29 is 27.9 Å². The van der Waals surface area contributed by atoms with E-state index in [1.54, 1.807) is 35.2 Å². The lowest BCUT2D eigenvalue weighted by Crippen LogP contribution is -2.51. The molecule has 4 N–H and O–H groups in total. The van der Waals surface area contributed by atoms with Crippen LogP contribution in [0.2, 0.25) is 10.0 Å². The Morgan fingerprint density at radius 1 is 1.04 bits per heavy atom. The maximum Gasteiger partial charge on any atom is 0.256 e. The summed E-state index contributed by atoms with van der Waals surface area (Å²) in [6, 6.07) is 9.29. The van der Waals surface area contributed by atoms with Gasteiger partial charge in [-0.1, -0.05) is 29.3 Å². The van der Waals surface area contributed by atoms with Crippen LogP contribution in [0.25, 0.3) is 11.6 Å². The first-order chi connectivity index (χ1) is 21.9. The van der Waals surface area contributed by atoms with E-state index in [2.05, 4.69) is 20.5 Å². The van der Waals surface area contributed by atoms with Crippen molar-refractivity contribution in [2.75, 3.05) is 51.2 Å². The largest absolute Gasteiger partial charge is 0.387 e. The van der Waals surface area contributed by atoms with E-state index < -0.39 is 22.2 Å². The Kier molecular flexibility index (Phi) is 10.2. The van der Waals surface area contributed by atoms with Gasteiger partial charge >= 0.3 is 0 Å². The van der Waals surface area contributed by atoms with Crippen LogP contribution in [0.4, 0.5) is 5.69 Å². The summed E-state index contributed by atoms with van der Waals surface area (Å²) in [5.41, 5.74) is 4.59. The number of benzene rings is 2. The molecule has 0 atom stereocenters. The topological polar surface area (TPSA) is 152 Å². The highest BCUT2D eigenvalue weighted by Crippen LogP contribution is 2.37. The number of fused-ring (bicyclic) bond motifs is 1. The van der Waals surface area contributed by atoms with Crippen LogP contribution in [-0.2, 0) is 36.4 Å². The Hall–Kier alpha value is -3.68. The summed E-state index contributed by atoms with van der Waals surface area (Å²) < 4.78 is 26.7. The van der Waals surface area contributed by atoms with Crippen LogP contribution >= 0.6 is 23.2 Å². The lowest BCUT2D eigenvalue weighted by molar-refractivity contribution is -0.135. The van der Waals surface area contributed by atoms with Crippen molar-refractivity contribution in [2.24, 2.45) is 0 Å². The van der Waals surface area contributed by atoms with Gasteiger partial charge in [-0.3, -0.25) is 19.3 Å². The van der Waals surface area contributed by atoms with Crippen LogP contribution in [-0.4, -0.2) is 91.9 Å². The first-order valence-corrected chi connectivity index (χ1v) is 17.2. The molecule has 1 fully saturated rings. The molecule has 2 aliphatic rings. The maximum absolute atomic E-state index is 13.4. The minimum absolute atomic E-state index is 0.0295. The Morgan fingerprint density at radius 3 is 2.41 bits per heavy atom. The monoisotopic (exact) mass is 687 g/mol. The molecular formula is C32H35Cl2N5O6S. The van der Waals surface area contributed by atoms with E-state index in [9.17, 15) is 22.8 Å². The Balaban J connectivity index is 1.27. The predicted octanol–water partition coefficient (Wildman–Crippen LogP) is 3.20. The number of carbonyl (C=O) groups is 3. The summed E-state index contributed by atoms with van der Waals surface area (Å²) in [6.07, 6.45) is 1.82. The fourth-order valence-electron chi connectivity index (χ4n) is 5.71. The lowest BCUT2D eigenvalue weighted by atomic mass is 10.0. The highest BCUT2D eigenvalue weighted by atomic mass is 35.5. The summed E-state index contributed by atoms with van der Waals surface area (Å²) in [7, 11) is -3.86. The molecule has 0 bridgehead atoms. The number of rotatable bonds is 10. The lowest BCUT2D eigenvalue weighted by Gasteiger charge is -2.34. The van der Waals surface area contributed by atoms with Gasteiger partial charge in [-0.05, 0) is 61.4 Å². The zero-order valence-electron chi connectivity index (χ0n) is 25.5. The van der Waals surface area contributed by atoms with Crippen molar-refractivity contribution in [3.8, 4) is 0 Å². The fourth-order valence-corrected chi connectivity index (χ4v) is 7.83. The van der Waals surface area contributed by atoms with E-state index in [4.69, 9.17) is 28.3 Å². The molecule has 5 rings (SSSR count). The number of nitrogens with one attached hydrogen (secondary N) is 3. The number of sulfone groups is 1. The van der Waals surface area contributed by atoms with Crippen LogP contribution in [0.15, 0.2) is 41.3 Å². The van der Waals surface area contributed by atoms with E-state index >= 15 is 0 Å². The van der Waals surface area contributed by atoms with E-state index in [0.29, 0.717) is 67.3 Å². The smallest absolute Gasteiger partial charge is 0.256 e. The number of aliphatic hydroxyl groups excluding tert-OH is 1. The fraction of sp³-hybridized carbons (Fsp3) is 0.344. The van der Waals surface area contributed by atoms with E-state index in [-0.39, 0.29) is 39.1 Å². The third-order valence-corrected chi connectivity index (χ3v) is 10.7. The second kappa shape index (κ2) is 14.0. The number of aliphatic hydroxyl groups is 1. The van der Waals surface area contributed by atoms with Crippen LogP contribution in [0.5, 0.6) is 0 Å². The maximum atomic E-state index is 13.4. The van der Waals surface area contributed by atoms with Crippen molar-refractivity contribution in [3.63, 3.8) is 0 Å². The Bertz CT molecular complexity index is 1810. The second-order valence-electron chi connectivity index (χ2n) is 11.4. The van der Waals surface area contributed by atoms with Crippen molar-refractivity contribution in [1.82, 2.24) is 20.1 Å². The van der Waals surface area contributed by atoms with Gasteiger partial charge < -0.3 is 25.6 Å². The number of aryl methyl sites for hydroxylation is 1. The molecule has 11 nitrogen and oxygen atoms in total. The van der Waals surface area contributed by atoms with Crippen LogP contribution in [0.3, 0.4) is 0 Å². The number of H-pyrrole nitrogens is 1. The van der Waals surface area contributed by atoms with Gasteiger partial charge in [-0.25, -0.2) is 8.42 Å². The number of halogens is 2. The SMILES string of the molecule is Cc1[nH]c(C=C2C(=O)Nc3ccc(S(=O)(=O)Cc4c(Cl)cccc4Cl)cc32)c(C)c1CC(=O)NCCN1CCN(C(=O)CO)CC1. The number of hydrogen-bond donors (Lipinski definition) is 4.